The Morgan fingerprint density at radius 3 is 2.95 bits per heavy atom. The van der Waals surface area contributed by atoms with Gasteiger partial charge in [0.1, 0.15) is 0 Å². The number of benzene rings is 1. The number of anilines is 2. The van der Waals surface area contributed by atoms with Crippen LogP contribution in [-0.4, -0.2) is 30.7 Å². The average molecular weight is 263 g/mol. The number of aliphatic hydroxyl groups is 1. The van der Waals surface area contributed by atoms with E-state index in [-0.39, 0.29) is 6.61 Å². The van der Waals surface area contributed by atoms with E-state index in [1.54, 1.807) is 12.1 Å². The van der Waals surface area contributed by atoms with E-state index in [1.807, 2.05) is 6.07 Å². The van der Waals surface area contributed by atoms with Crippen molar-refractivity contribution in [3.8, 4) is 0 Å². The number of nitrogen functional groups attached to an aromatic ring is 1. The Morgan fingerprint density at radius 2 is 2.26 bits per heavy atom. The smallest absolute Gasteiger partial charge is 0.250 e. The van der Waals surface area contributed by atoms with Crippen LogP contribution in [0.3, 0.4) is 0 Å². The maximum atomic E-state index is 11.3. The van der Waals surface area contributed by atoms with Crippen LogP contribution < -0.4 is 16.4 Å². The highest BCUT2D eigenvalue weighted by Crippen LogP contribution is 2.27. The summed E-state index contributed by atoms with van der Waals surface area (Å²) in [5.74, 6) is 0.0107. The number of carbonyl (C=O) groups excluding carboxylic acids is 1. The first-order valence-corrected chi connectivity index (χ1v) is 6.67. The molecule has 104 valence electrons. The van der Waals surface area contributed by atoms with Gasteiger partial charge in [-0.1, -0.05) is 0 Å². The van der Waals surface area contributed by atoms with Gasteiger partial charge in [0, 0.05) is 31.1 Å². The fraction of sp³-hybridized carbons (Fsp3) is 0.500. The lowest BCUT2D eigenvalue weighted by Gasteiger charge is -2.34. The van der Waals surface area contributed by atoms with E-state index in [9.17, 15) is 4.79 Å². The summed E-state index contributed by atoms with van der Waals surface area (Å²) in [5, 5.41) is 9.03. The minimum absolute atomic E-state index is 0.229. The Kier molecular flexibility index (Phi) is 4.27. The number of rotatable bonds is 4. The number of hydrogen-bond acceptors (Lipinski definition) is 4. The largest absolute Gasteiger partial charge is 0.398 e. The molecule has 5 heteroatoms. The topological polar surface area (TPSA) is 92.6 Å². The van der Waals surface area contributed by atoms with E-state index in [0.29, 0.717) is 17.2 Å². The minimum Gasteiger partial charge on any atom is -0.398 e. The number of hydrogen-bond donors (Lipinski definition) is 3. The fourth-order valence-corrected chi connectivity index (χ4v) is 2.67. The van der Waals surface area contributed by atoms with Gasteiger partial charge >= 0.3 is 0 Å². The summed E-state index contributed by atoms with van der Waals surface area (Å²) in [5.41, 5.74) is 12.8. The number of piperidine rings is 1. The van der Waals surface area contributed by atoms with Crippen molar-refractivity contribution in [2.75, 3.05) is 30.3 Å². The van der Waals surface area contributed by atoms with Crippen molar-refractivity contribution < 1.29 is 9.90 Å². The van der Waals surface area contributed by atoms with Gasteiger partial charge in [-0.2, -0.15) is 0 Å². The lowest BCUT2D eigenvalue weighted by Crippen LogP contribution is -2.36. The zero-order valence-corrected chi connectivity index (χ0v) is 11.0. The summed E-state index contributed by atoms with van der Waals surface area (Å²) in [4.78, 5) is 13.5. The summed E-state index contributed by atoms with van der Waals surface area (Å²) in [6.45, 7) is 2.10. The van der Waals surface area contributed by atoms with Crippen LogP contribution in [-0.2, 0) is 0 Å². The van der Waals surface area contributed by atoms with Crippen LogP contribution in [0, 0.1) is 5.92 Å². The van der Waals surface area contributed by atoms with Crippen LogP contribution in [0.1, 0.15) is 29.6 Å². The molecule has 0 aliphatic carbocycles. The lowest BCUT2D eigenvalue weighted by atomic mass is 9.94. The normalized spacial score (nSPS) is 19.4. The van der Waals surface area contributed by atoms with Crippen LogP contribution in [0.25, 0.3) is 0 Å². The number of carbonyl (C=O) groups is 1. The number of nitrogens with two attached hydrogens (primary N) is 2. The number of amides is 1. The molecule has 0 spiro atoms. The number of primary amides is 1. The van der Waals surface area contributed by atoms with Crippen molar-refractivity contribution in [3.63, 3.8) is 0 Å². The first kappa shape index (κ1) is 13.7. The van der Waals surface area contributed by atoms with E-state index < -0.39 is 5.91 Å². The van der Waals surface area contributed by atoms with Gasteiger partial charge in [-0.3, -0.25) is 4.79 Å². The molecule has 0 aromatic heterocycles. The molecular formula is C14H21N3O2. The lowest BCUT2D eigenvalue weighted by molar-refractivity contribution is 0.100. The second kappa shape index (κ2) is 5.93. The van der Waals surface area contributed by atoms with E-state index in [0.717, 1.165) is 38.0 Å². The first-order valence-electron chi connectivity index (χ1n) is 6.67. The molecule has 5 nitrogen and oxygen atoms in total. The zero-order chi connectivity index (χ0) is 13.8. The summed E-state index contributed by atoms with van der Waals surface area (Å²) < 4.78 is 0. The molecule has 1 atom stereocenters. The highest BCUT2D eigenvalue weighted by molar-refractivity contribution is 5.99. The van der Waals surface area contributed by atoms with E-state index >= 15 is 0 Å². The van der Waals surface area contributed by atoms with Gasteiger partial charge in [-0.05, 0) is 43.4 Å². The zero-order valence-electron chi connectivity index (χ0n) is 11.0. The molecule has 1 aromatic carbocycles. The Hall–Kier alpha value is -1.75. The van der Waals surface area contributed by atoms with Gasteiger partial charge in [0.25, 0.3) is 5.91 Å². The Morgan fingerprint density at radius 1 is 1.47 bits per heavy atom. The van der Waals surface area contributed by atoms with Crippen LogP contribution in [0.2, 0.25) is 0 Å². The van der Waals surface area contributed by atoms with Gasteiger partial charge < -0.3 is 21.5 Å². The van der Waals surface area contributed by atoms with Crippen molar-refractivity contribution in [1.82, 2.24) is 0 Å². The Labute approximate surface area is 113 Å². The van der Waals surface area contributed by atoms with Crippen molar-refractivity contribution in [1.29, 1.82) is 0 Å². The molecule has 0 bridgehead atoms. The molecule has 0 radical (unpaired) electrons. The predicted molar refractivity (Wildman–Crippen MR) is 76.0 cm³/mol. The highest BCUT2D eigenvalue weighted by Gasteiger charge is 2.20. The molecule has 1 saturated heterocycles. The van der Waals surface area contributed by atoms with Gasteiger partial charge in [0.05, 0.1) is 5.56 Å². The Bertz CT molecular complexity index is 460. The molecule has 19 heavy (non-hydrogen) atoms. The quantitative estimate of drug-likeness (QED) is 0.706. The van der Waals surface area contributed by atoms with Crippen LogP contribution in [0.15, 0.2) is 18.2 Å². The molecule has 2 rings (SSSR count). The standard InChI is InChI=1S/C14H21N3O2/c15-13-4-3-11(8-12(13)14(16)19)17-6-1-2-10(9-17)5-7-18/h3-4,8,10,18H,1-2,5-7,9,15H2,(H2,16,19). The molecule has 1 heterocycles. The summed E-state index contributed by atoms with van der Waals surface area (Å²) in [6.07, 6.45) is 3.07. The van der Waals surface area contributed by atoms with Crippen molar-refractivity contribution in [2.24, 2.45) is 11.7 Å². The van der Waals surface area contributed by atoms with Gasteiger partial charge in [0.2, 0.25) is 0 Å². The fourth-order valence-electron chi connectivity index (χ4n) is 2.67. The molecule has 5 N–H and O–H groups in total. The van der Waals surface area contributed by atoms with Crippen LogP contribution in [0.5, 0.6) is 0 Å². The van der Waals surface area contributed by atoms with E-state index in [1.165, 1.54) is 0 Å². The molecule has 1 unspecified atom stereocenters. The molecule has 1 amide bonds. The molecule has 1 fully saturated rings. The number of aliphatic hydroxyl groups excluding tert-OH is 1. The van der Waals surface area contributed by atoms with E-state index in [2.05, 4.69) is 4.90 Å². The summed E-state index contributed by atoms with van der Waals surface area (Å²) >= 11 is 0. The number of nitrogens with zero attached hydrogens (tertiary/aromatic N) is 1. The molecule has 1 aliphatic heterocycles. The molecule has 1 aliphatic rings. The monoisotopic (exact) mass is 263 g/mol. The van der Waals surface area contributed by atoms with Crippen LogP contribution in [0.4, 0.5) is 11.4 Å². The molecular weight excluding hydrogens is 242 g/mol. The first-order chi connectivity index (χ1) is 9.11. The third kappa shape index (κ3) is 3.17. The van der Waals surface area contributed by atoms with Crippen molar-refractivity contribution in [2.45, 2.75) is 19.3 Å². The summed E-state index contributed by atoms with van der Waals surface area (Å²) in [6, 6.07) is 5.41. The third-order valence-electron chi connectivity index (χ3n) is 3.72. The van der Waals surface area contributed by atoms with E-state index in [4.69, 9.17) is 16.6 Å². The second-order valence-corrected chi connectivity index (χ2v) is 5.10. The van der Waals surface area contributed by atoms with Gasteiger partial charge in [-0.15, -0.1) is 0 Å². The SMILES string of the molecule is NC(=O)c1cc(N2CCCC(CCO)C2)ccc1N. The molecule has 1 aromatic rings. The van der Waals surface area contributed by atoms with Crippen molar-refractivity contribution in [3.05, 3.63) is 23.8 Å². The summed E-state index contributed by atoms with van der Waals surface area (Å²) in [7, 11) is 0. The predicted octanol–water partition coefficient (Wildman–Crippen LogP) is 0.966. The maximum absolute atomic E-state index is 11.3. The second-order valence-electron chi connectivity index (χ2n) is 5.10. The average Bonchev–Trinajstić information content (AvgIpc) is 2.39. The molecule has 0 saturated carbocycles. The van der Waals surface area contributed by atoms with Crippen molar-refractivity contribution >= 4 is 17.3 Å². The minimum atomic E-state index is -0.497. The maximum Gasteiger partial charge on any atom is 0.250 e. The van der Waals surface area contributed by atoms with Gasteiger partial charge in [-0.25, -0.2) is 0 Å². The third-order valence-corrected chi connectivity index (χ3v) is 3.72. The van der Waals surface area contributed by atoms with Crippen LogP contribution >= 0.6 is 0 Å². The highest BCUT2D eigenvalue weighted by atomic mass is 16.3. The van der Waals surface area contributed by atoms with Gasteiger partial charge in [0.15, 0.2) is 0 Å². The Balaban J connectivity index is 2.17.